The summed E-state index contributed by atoms with van der Waals surface area (Å²) in [6.45, 7) is 2.65. The van der Waals surface area contributed by atoms with Gasteiger partial charge in [0.05, 0.1) is 6.61 Å². The molecule has 0 atom stereocenters. The van der Waals surface area contributed by atoms with Crippen LogP contribution in [-0.4, -0.2) is 37.2 Å². The predicted molar refractivity (Wildman–Crippen MR) is 83.8 cm³/mol. The molecule has 0 aromatic carbocycles. The van der Waals surface area contributed by atoms with Crippen LogP contribution in [0, 0.1) is 0 Å². The average Bonchev–Trinajstić information content (AvgIpc) is 2.44. The van der Waals surface area contributed by atoms with Gasteiger partial charge in [0.15, 0.2) is 0 Å². The molecule has 0 bridgehead atoms. The molecule has 3 N–H and O–H groups in total. The van der Waals surface area contributed by atoms with E-state index in [4.69, 9.17) is 10.8 Å². The van der Waals surface area contributed by atoms with Gasteiger partial charge in [0, 0.05) is 13.0 Å². The topological polar surface area (TPSA) is 130 Å². The van der Waals surface area contributed by atoms with Crippen LogP contribution >= 0.6 is 0 Å². The van der Waals surface area contributed by atoms with Crippen LogP contribution in [0.2, 0.25) is 0 Å². The first kappa shape index (κ1) is 28.1. The summed E-state index contributed by atoms with van der Waals surface area (Å²) in [4.78, 5) is 10.9. The molecule has 0 aliphatic rings. The number of unbranched alkanes of at least 4 members (excludes halogenated alkanes) is 8. The first-order valence-corrected chi connectivity index (χ1v) is 9.19. The van der Waals surface area contributed by atoms with Crippen molar-refractivity contribution in [2.24, 2.45) is 5.73 Å². The maximum Gasteiger partial charge on any atom is 1.00 e. The SMILES string of the molecule is CCCCCCCCCCCC(=O)OS(=O)(=O)[O-].NCCO.[Na+]. The van der Waals surface area contributed by atoms with Gasteiger partial charge in [-0.25, -0.2) is 8.42 Å². The van der Waals surface area contributed by atoms with Crippen molar-refractivity contribution in [3.63, 3.8) is 0 Å². The van der Waals surface area contributed by atoms with Gasteiger partial charge < -0.3 is 19.6 Å². The normalized spacial score (nSPS) is 10.3. The third-order valence-electron chi connectivity index (χ3n) is 2.81. The minimum absolute atomic E-state index is 0. The molecular weight excluding hydrogens is 333 g/mol. The first-order valence-electron chi connectivity index (χ1n) is 7.86. The molecule has 7 nitrogen and oxygen atoms in total. The fraction of sp³-hybridized carbons (Fsp3) is 0.929. The Balaban J connectivity index is -0.000000712. The molecule has 0 saturated heterocycles. The number of hydrogen-bond donors (Lipinski definition) is 2. The zero-order valence-corrected chi connectivity index (χ0v) is 17.3. The zero-order valence-electron chi connectivity index (χ0n) is 14.5. The maximum absolute atomic E-state index is 10.9. The molecule has 0 fully saturated rings. The van der Waals surface area contributed by atoms with Crippen LogP contribution in [0.5, 0.6) is 0 Å². The van der Waals surface area contributed by atoms with E-state index in [-0.39, 0.29) is 42.6 Å². The molecular formula is C14H30NNaO6S. The Bertz CT molecular complexity index is 349. The van der Waals surface area contributed by atoms with Crippen molar-refractivity contribution < 1.29 is 56.6 Å². The van der Waals surface area contributed by atoms with E-state index in [0.29, 0.717) is 13.0 Å². The van der Waals surface area contributed by atoms with E-state index >= 15 is 0 Å². The number of hydrogen-bond acceptors (Lipinski definition) is 7. The van der Waals surface area contributed by atoms with Crippen molar-refractivity contribution in [1.82, 2.24) is 0 Å². The number of carbonyl (C=O) groups excluding carboxylic acids is 1. The Labute approximate surface area is 162 Å². The van der Waals surface area contributed by atoms with E-state index in [1.54, 1.807) is 0 Å². The van der Waals surface area contributed by atoms with Crippen LogP contribution in [-0.2, 0) is 19.4 Å². The second-order valence-corrected chi connectivity index (χ2v) is 5.94. The molecule has 0 heterocycles. The number of carbonyl (C=O) groups is 1. The van der Waals surface area contributed by atoms with Crippen molar-refractivity contribution in [2.75, 3.05) is 13.2 Å². The summed E-state index contributed by atoms with van der Waals surface area (Å²) in [5.41, 5.74) is 4.78. The van der Waals surface area contributed by atoms with Crippen molar-refractivity contribution in [1.29, 1.82) is 0 Å². The quantitative estimate of drug-likeness (QED) is 0.194. The summed E-state index contributed by atoms with van der Waals surface area (Å²) < 4.78 is 34.0. The Morgan fingerprint density at radius 1 is 1.04 bits per heavy atom. The molecule has 0 amide bonds. The van der Waals surface area contributed by atoms with E-state index in [1.807, 2.05) is 0 Å². The van der Waals surface area contributed by atoms with Gasteiger partial charge in [0.1, 0.15) is 0 Å². The summed E-state index contributed by atoms with van der Waals surface area (Å²) >= 11 is 0. The fourth-order valence-electron chi connectivity index (χ4n) is 1.74. The predicted octanol–water partition coefficient (Wildman–Crippen LogP) is -1.15. The fourth-order valence-corrected chi connectivity index (χ4v) is 2.05. The molecule has 0 unspecified atom stereocenters. The van der Waals surface area contributed by atoms with Crippen LogP contribution in [0.4, 0.5) is 0 Å². The Morgan fingerprint density at radius 2 is 1.43 bits per heavy atom. The van der Waals surface area contributed by atoms with E-state index in [1.165, 1.54) is 32.1 Å². The summed E-state index contributed by atoms with van der Waals surface area (Å²) in [7, 11) is -4.88. The van der Waals surface area contributed by atoms with Crippen LogP contribution < -0.4 is 35.3 Å². The minimum Gasteiger partial charge on any atom is -0.716 e. The monoisotopic (exact) mass is 363 g/mol. The average molecular weight is 363 g/mol. The molecule has 9 heteroatoms. The van der Waals surface area contributed by atoms with Crippen molar-refractivity contribution >= 4 is 16.4 Å². The molecule has 0 aliphatic carbocycles. The second kappa shape index (κ2) is 20.3. The van der Waals surface area contributed by atoms with Crippen molar-refractivity contribution in [2.45, 2.75) is 71.1 Å². The van der Waals surface area contributed by atoms with E-state index in [2.05, 4.69) is 11.1 Å². The molecule has 0 radical (unpaired) electrons. The zero-order chi connectivity index (χ0) is 17.3. The summed E-state index contributed by atoms with van der Waals surface area (Å²) in [6.07, 6.45) is 9.87. The molecule has 134 valence electrons. The van der Waals surface area contributed by atoms with Crippen molar-refractivity contribution in [3.05, 3.63) is 0 Å². The van der Waals surface area contributed by atoms with E-state index in [0.717, 1.165) is 19.3 Å². The third kappa shape index (κ3) is 30.7. The minimum atomic E-state index is -4.88. The van der Waals surface area contributed by atoms with Gasteiger partial charge >= 0.3 is 35.5 Å². The Morgan fingerprint density at radius 3 is 1.78 bits per heavy atom. The molecule has 0 rings (SSSR count). The van der Waals surface area contributed by atoms with Crippen molar-refractivity contribution in [3.8, 4) is 0 Å². The van der Waals surface area contributed by atoms with Gasteiger partial charge in [-0.2, -0.15) is 0 Å². The summed E-state index contributed by atoms with van der Waals surface area (Å²) in [5, 5.41) is 7.75. The number of nitrogens with two attached hydrogens (primary N) is 1. The molecule has 0 saturated carbocycles. The number of aliphatic hydroxyl groups is 1. The van der Waals surface area contributed by atoms with E-state index in [9.17, 15) is 17.8 Å². The van der Waals surface area contributed by atoms with E-state index < -0.39 is 16.4 Å². The number of rotatable bonds is 12. The van der Waals surface area contributed by atoms with Crippen LogP contribution in [0.15, 0.2) is 0 Å². The van der Waals surface area contributed by atoms with Crippen LogP contribution in [0.25, 0.3) is 0 Å². The summed E-state index contributed by atoms with van der Waals surface area (Å²) in [6, 6.07) is 0. The van der Waals surface area contributed by atoms with Gasteiger partial charge in [-0.1, -0.05) is 58.3 Å². The van der Waals surface area contributed by atoms with Gasteiger partial charge in [-0.15, -0.1) is 0 Å². The Hall–Kier alpha value is 0.300. The molecule has 0 spiro atoms. The van der Waals surface area contributed by atoms with Crippen LogP contribution in [0.3, 0.4) is 0 Å². The van der Waals surface area contributed by atoms with Gasteiger partial charge in [0.25, 0.3) is 10.4 Å². The standard InChI is InChI=1S/C12H24O5S.C2H7NO.Na/c1-2-3-4-5-6-7-8-9-10-11-12(13)17-18(14,15)16;3-1-2-4;/h2-11H2,1H3,(H,14,15,16);4H,1-3H2;/q;;+1/p-1. The summed E-state index contributed by atoms with van der Waals surface area (Å²) in [5.74, 6) is -0.951. The molecule has 0 aromatic rings. The molecule has 23 heavy (non-hydrogen) atoms. The van der Waals surface area contributed by atoms with Crippen LogP contribution in [0.1, 0.15) is 71.1 Å². The second-order valence-electron chi connectivity index (χ2n) is 4.95. The third-order valence-corrected chi connectivity index (χ3v) is 3.20. The largest absolute Gasteiger partial charge is 1.00 e. The molecule has 0 aromatic heterocycles. The molecule has 0 aliphatic heterocycles. The maximum atomic E-state index is 10.9. The smallest absolute Gasteiger partial charge is 0.716 e. The number of aliphatic hydroxyl groups excluding tert-OH is 1. The van der Waals surface area contributed by atoms with Gasteiger partial charge in [-0.3, -0.25) is 4.79 Å². The van der Waals surface area contributed by atoms with Gasteiger partial charge in [0.2, 0.25) is 0 Å². The Kier molecular flexibility index (Phi) is 24.9. The first-order chi connectivity index (χ1) is 10.4. The van der Waals surface area contributed by atoms with Gasteiger partial charge in [-0.05, 0) is 6.42 Å².